The lowest BCUT2D eigenvalue weighted by Crippen LogP contribution is -2.44. The third-order valence-electron chi connectivity index (χ3n) is 4.91. The Morgan fingerprint density at radius 2 is 1.42 bits per heavy atom. The van der Waals surface area contributed by atoms with Crippen LogP contribution < -0.4 is 4.74 Å². The van der Waals surface area contributed by atoms with Crippen LogP contribution in [0, 0.1) is 0 Å². The molecule has 3 rings (SSSR count). The molecule has 1 saturated heterocycles. The van der Waals surface area contributed by atoms with Crippen molar-refractivity contribution in [2.24, 2.45) is 0 Å². The Morgan fingerprint density at radius 1 is 0.833 bits per heavy atom. The monoisotopic (exact) mass is 324 g/mol. The minimum Gasteiger partial charge on any atom is -0.497 e. The molecule has 0 spiro atoms. The van der Waals surface area contributed by atoms with Crippen LogP contribution in [-0.2, 0) is 6.42 Å². The van der Waals surface area contributed by atoms with E-state index in [1.54, 1.807) is 7.11 Å². The fourth-order valence-corrected chi connectivity index (χ4v) is 3.23. The first-order valence-electron chi connectivity index (χ1n) is 8.89. The predicted molar refractivity (Wildman–Crippen MR) is 101 cm³/mol. The molecule has 1 fully saturated rings. The quantitative estimate of drug-likeness (QED) is 0.808. The van der Waals surface area contributed by atoms with Crippen LogP contribution in [0.4, 0.5) is 0 Å². The van der Waals surface area contributed by atoms with Gasteiger partial charge in [-0.1, -0.05) is 36.4 Å². The van der Waals surface area contributed by atoms with E-state index < -0.39 is 0 Å². The van der Waals surface area contributed by atoms with Gasteiger partial charge in [-0.2, -0.15) is 0 Å². The highest BCUT2D eigenvalue weighted by Gasteiger charge is 2.12. The van der Waals surface area contributed by atoms with Crippen LogP contribution in [-0.4, -0.2) is 56.7 Å². The molecule has 1 aliphatic heterocycles. The van der Waals surface area contributed by atoms with Gasteiger partial charge in [0.15, 0.2) is 0 Å². The molecule has 128 valence electrons. The lowest BCUT2D eigenvalue weighted by Gasteiger charge is -2.32. The van der Waals surface area contributed by atoms with Crippen LogP contribution in [0.2, 0.25) is 0 Å². The SMILES string of the molecule is COc1ccc(-c2ccc(CCCN3CCN(C)CC3)cc2)cc1. The van der Waals surface area contributed by atoms with Gasteiger partial charge in [-0.15, -0.1) is 0 Å². The number of hydrogen-bond acceptors (Lipinski definition) is 3. The molecule has 0 N–H and O–H groups in total. The summed E-state index contributed by atoms with van der Waals surface area (Å²) in [7, 11) is 3.91. The number of methoxy groups -OCH3 is 1. The first-order chi connectivity index (χ1) is 11.7. The molecule has 0 atom stereocenters. The van der Waals surface area contributed by atoms with Crippen LogP contribution in [0.25, 0.3) is 11.1 Å². The molecule has 3 heteroatoms. The van der Waals surface area contributed by atoms with Gasteiger partial charge >= 0.3 is 0 Å². The molecule has 2 aromatic rings. The van der Waals surface area contributed by atoms with E-state index >= 15 is 0 Å². The van der Waals surface area contributed by atoms with Gasteiger partial charge in [-0.05, 0) is 55.3 Å². The Labute approximate surface area is 145 Å². The van der Waals surface area contributed by atoms with Crippen molar-refractivity contribution in [2.45, 2.75) is 12.8 Å². The van der Waals surface area contributed by atoms with Gasteiger partial charge < -0.3 is 14.5 Å². The van der Waals surface area contributed by atoms with Crippen molar-refractivity contribution >= 4 is 0 Å². The van der Waals surface area contributed by atoms with Gasteiger partial charge in [0.2, 0.25) is 0 Å². The molecule has 0 saturated carbocycles. The minimum absolute atomic E-state index is 0.902. The lowest BCUT2D eigenvalue weighted by atomic mass is 10.0. The maximum atomic E-state index is 5.22. The average Bonchev–Trinajstić information content (AvgIpc) is 2.64. The second-order valence-electron chi connectivity index (χ2n) is 6.67. The Bertz CT molecular complexity index is 613. The second-order valence-corrected chi connectivity index (χ2v) is 6.67. The van der Waals surface area contributed by atoms with E-state index in [0.717, 1.165) is 12.2 Å². The molecular weight excluding hydrogens is 296 g/mol. The highest BCUT2D eigenvalue weighted by Crippen LogP contribution is 2.23. The molecule has 1 heterocycles. The fraction of sp³-hybridized carbons (Fsp3) is 0.429. The highest BCUT2D eigenvalue weighted by atomic mass is 16.5. The summed E-state index contributed by atoms with van der Waals surface area (Å²) < 4.78 is 5.22. The molecule has 0 unspecified atom stereocenters. The summed E-state index contributed by atoms with van der Waals surface area (Å²) >= 11 is 0. The summed E-state index contributed by atoms with van der Waals surface area (Å²) in [5, 5.41) is 0. The molecule has 3 nitrogen and oxygen atoms in total. The molecule has 0 bridgehead atoms. The third kappa shape index (κ3) is 4.59. The summed E-state index contributed by atoms with van der Waals surface area (Å²) in [4.78, 5) is 5.00. The number of piperazine rings is 1. The number of ether oxygens (including phenoxy) is 1. The Balaban J connectivity index is 1.49. The molecular formula is C21H28N2O. The molecule has 0 aromatic heterocycles. The number of rotatable bonds is 6. The first kappa shape index (κ1) is 17.0. The van der Waals surface area contributed by atoms with Crippen LogP contribution in [0.5, 0.6) is 5.75 Å². The Kier molecular flexibility index (Phi) is 5.89. The fourth-order valence-electron chi connectivity index (χ4n) is 3.23. The predicted octanol–water partition coefficient (Wildman–Crippen LogP) is 3.54. The van der Waals surface area contributed by atoms with Gasteiger partial charge in [0.05, 0.1) is 7.11 Å². The van der Waals surface area contributed by atoms with E-state index in [9.17, 15) is 0 Å². The van der Waals surface area contributed by atoms with Crippen molar-refractivity contribution in [2.75, 3.05) is 46.9 Å². The van der Waals surface area contributed by atoms with E-state index in [1.807, 2.05) is 12.1 Å². The van der Waals surface area contributed by atoms with Crippen molar-refractivity contribution in [3.05, 3.63) is 54.1 Å². The average molecular weight is 324 g/mol. The molecule has 0 radical (unpaired) electrons. The zero-order chi connectivity index (χ0) is 16.8. The maximum Gasteiger partial charge on any atom is 0.118 e. The molecule has 24 heavy (non-hydrogen) atoms. The maximum absolute atomic E-state index is 5.22. The lowest BCUT2D eigenvalue weighted by molar-refractivity contribution is 0.153. The Morgan fingerprint density at radius 3 is 2.00 bits per heavy atom. The van der Waals surface area contributed by atoms with E-state index in [4.69, 9.17) is 4.74 Å². The van der Waals surface area contributed by atoms with E-state index in [2.05, 4.69) is 53.2 Å². The molecule has 0 aliphatic carbocycles. The standard InChI is InChI=1S/C21H28N2O/c1-22-14-16-23(17-15-22)13-3-4-18-5-7-19(8-6-18)20-9-11-21(24-2)12-10-20/h5-12H,3-4,13-17H2,1-2H3. The Hall–Kier alpha value is -1.84. The van der Waals surface area contributed by atoms with Crippen molar-refractivity contribution in [3.63, 3.8) is 0 Å². The summed E-state index contributed by atoms with van der Waals surface area (Å²) in [5.74, 6) is 0.902. The molecule has 2 aromatic carbocycles. The smallest absolute Gasteiger partial charge is 0.118 e. The van der Waals surface area contributed by atoms with E-state index in [1.165, 1.54) is 55.8 Å². The van der Waals surface area contributed by atoms with E-state index in [0.29, 0.717) is 0 Å². The highest BCUT2D eigenvalue weighted by molar-refractivity contribution is 5.64. The van der Waals surface area contributed by atoms with Gasteiger partial charge in [0, 0.05) is 26.2 Å². The summed E-state index contributed by atoms with van der Waals surface area (Å²) in [6.45, 7) is 6.06. The summed E-state index contributed by atoms with van der Waals surface area (Å²) in [6.07, 6.45) is 2.40. The summed E-state index contributed by atoms with van der Waals surface area (Å²) in [5.41, 5.74) is 3.93. The number of aryl methyl sites for hydroxylation is 1. The van der Waals surface area contributed by atoms with Crippen LogP contribution in [0.3, 0.4) is 0 Å². The van der Waals surface area contributed by atoms with Crippen molar-refractivity contribution in [1.29, 1.82) is 0 Å². The summed E-state index contributed by atoms with van der Waals surface area (Å²) in [6, 6.07) is 17.2. The van der Waals surface area contributed by atoms with Gasteiger partial charge in [0.1, 0.15) is 5.75 Å². The number of nitrogens with zero attached hydrogens (tertiary/aromatic N) is 2. The zero-order valence-electron chi connectivity index (χ0n) is 14.9. The van der Waals surface area contributed by atoms with Crippen LogP contribution in [0.1, 0.15) is 12.0 Å². The van der Waals surface area contributed by atoms with Crippen LogP contribution >= 0.6 is 0 Å². The largest absolute Gasteiger partial charge is 0.497 e. The normalized spacial score (nSPS) is 16.2. The third-order valence-corrected chi connectivity index (χ3v) is 4.91. The molecule has 0 amide bonds. The molecule has 1 aliphatic rings. The minimum atomic E-state index is 0.902. The number of hydrogen-bond donors (Lipinski definition) is 0. The topological polar surface area (TPSA) is 15.7 Å². The van der Waals surface area contributed by atoms with Gasteiger partial charge in [0.25, 0.3) is 0 Å². The van der Waals surface area contributed by atoms with Gasteiger partial charge in [-0.25, -0.2) is 0 Å². The van der Waals surface area contributed by atoms with Crippen molar-refractivity contribution in [1.82, 2.24) is 9.80 Å². The zero-order valence-corrected chi connectivity index (χ0v) is 14.9. The first-order valence-corrected chi connectivity index (χ1v) is 8.89. The second kappa shape index (κ2) is 8.32. The van der Waals surface area contributed by atoms with Gasteiger partial charge in [-0.3, -0.25) is 0 Å². The number of benzene rings is 2. The number of likely N-dealkylation sites (N-methyl/N-ethyl adjacent to an activating group) is 1. The van der Waals surface area contributed by atoms with Crippen LogP contribution in [0.15, 0.2) is 48.5 Å². The van der Waals surface area contributed by atoms with E-state index in [-0.39, 0.29) is 0 Å². The van der Waals surface area contributed by atoms with Crippen molar-refractivity contribution < 1.29 is 4.74 Å². The van der Waals surface area contributed by atoms with Crippen molar-refractivity contribution in [3.8, 4) is 16.9 Å².